The van der Waals surface area contributed by atoms with Crippen molar-refractivity contribution in [2.75, 3.05) is 0 Å². The summed E-state index contributed by atoms with van der Waals surface area (Å²) in [6.45, 7) is 1.99. The molecule has 0 radical (unpaired) electrons. The van der Waals surface area contributed by atoms with Gasteiger partial charge in [-0.2, -0.15) is 0 Å². The van der Waals surface area contributed by atoms with E-state index in [2.05, 4.69) is 15.3 Å². The first-order chi connectivity index (χ1) is 12.2. The Bertz CT molecular complexity index is 752. The molecule has 2 aromatic carbocycles. The van der Waals surface area contributed by atoms with Crippen LogP contribution in [-0.2, 0) is 11.2 Å². The van der Waals surface area contributed by atoms with Gasteiger partial charge in [-0.25, -0.2) is 0 Å². The van der Waals surface area contributed by atoms with Crippen LogP contribution in [0.4, 0.5) is 0 Å². The summed E-state index contributed by atoms with van der Waals surface area (Å²) >= 11 is 0. The standard InChI is InChI=1S/C21H21N3O/c1-16(14-19-15-22-12-13-23-19)24-21(25)20(17-8-4-2-5-9-17)18-10-6-3-7-11-18/h2-13,15-16,20H,14H2,1H3,(H,24,25)/t16-/m0/s1. The largest absolute Gasteiger partial charge is 0.352 e. The second-order valence-corrected chi connectivity index (χ2v) is 6.06. The fraction of sp³-hybridized carbons (Fsp3) is 0.190. The molecule has 0 bridgehead atoms. The number of aromatic nitrogens is 2. The van der Waals surface area contributed by atoms with E-state index in [1.807, 2.05) is 67.6 Å². The van der Waals surface area contributed by atoms with Crippen LogP contribution < -0.4 is 5.32 Å². The van der Waals surface area contributed by atoms with E-state index in [9.17, 15) is 4.79 Å². The minimum atomic E-state index is -0.327. The van der Waals surface area contributed by atoms with Crippen LogP contribution in [-0.4, -0.2) is 21.9 Å². The molecule has 0 aliphatic carbocycles. The summed E-state index contributed by atoms with van der Waals surface area (Å²) in [6, 6.07) is 19.7. The lowest BCUT2D eigenvalue weighted by molar-refractivity contribution is -0.122. The Hall–Kier alpha value is -3.01. The molecule has 4 heteroatoms. The molecule has 1 amide bonds. The van der Waals surface area contributed by atoms with Gasteiger partial charge in [-0.1, -0.05) is 60.7 Å². The van der Waals surface area contributed by atoms with Gasteiger partial charge < -0.3 is 5.32 Å². The van der Waals surface area contributed by atoms with Gasteiger partial charge in [0.1, 0.15) is 0 Å². The highest BCUT2D eigenvalue weighted by atomic mass is 16.1. The van der Waals surface area contributed by atoms with Gasteiger partial charge in [-0.15, -0.1) is 0 Å². The topological polar surface area (TPSA) is 54.9 Å². The van der Waals surface area contributed by atoms with Crippen LogP contribution in [0.2, 0.25) is 0 Å². The first-order valence-electron chi connectivity index (χ1n) is 8.39. The van der Waals surface area contributed by atoms with Gasteiger partial charge in [0.2, 0.25) is 5.91 Å². The molecule has 0 aliphatic heterocycles. The summed E-state index contributed by atoms with van der Waals surface area (Å²) in [6.07, 6.45) is 5.69. The Kier molecular flexibility index (Phi) is 5.52. The number of nitrogens with zero attached hydrogens (tertiary/aromatic N) is 2. The van der Waals surface area contributed by atoms with Crippen molar-refractivity contribution in [3.05, 3.63) is 96.1 Å². The minimum absolute atomic E-state index is 0.00575. The van der Waals surface area contributed by atoms with Crippen LogP contribution in [0.3, 0.4) is 0 Å². The molecule has 0 unspecified atom stereocenters. The summed E-state index contributed by atoms with van der Waals surface area (Å²) < 4.78 is 0. The molecule has 0 spiro atoms. The van der Waals surface area contributed by atoms with Crippen molar-refractivity contribution in [2.45, 2.75) is 25.3 Å². The Morgan fingerprint density at radius 1 is 0.960 bits per heavy atom. The molecule has 1 heterocycles. The van der Waals surface area contributed by atoms with Crippen LogP contribution in [0.5, 0.6) is 0 Å². The summed E-state index contributed by atoms with van der Waals surface area (Å²) in [4.78, 5) is 21.3. The van der Waals surface area contributed by atoms with E-state index in [0.29, 0.717) is 6.42 Å². The Morgan fingerprint density at radius 3 is 2.08 bits per heavy atom. The lowest BCUT2D eigenvalue weighted by Gasteiger charge is -2.21. The van der Waals surface area contributed by atoms with E-state index in [1.54, 1.807) is 18.6 Å². The highest BCUT2D eigenvalue weighted by Gasteiger charge is 2.23. The van der Waals surface area contributed by atoms with Gasteiger partial charge in [0.25, 0.3) is 0 Å². The van der Waals surface area contributed by atoms with E-state index in [0.717, 1.165) is 16.8 Å². The van der Waals surface area contributed by atoms with Crippen LogP contribution in [0.25, 0.3) is 0 Å². The molecule has 1 aromatic heterocycles. The lowest BCUT2D eigenvalue weighted by atomic mass is 9.90. The summed E-state index contributed by atoms with van der Waals surface area (Å²) in [5.74, 6) is -0.333. The monoisotopic (exact) mass is 331 g/mol. The number of amides is 1. The smallest absolute Gasteiger partial charge is 0.232 e. The zero-order chi connectivity index (χ0) is 17.5. The molecule has 3 rings (SSSR count). The summed E-state index contributed by atoms with van der Waals surface area (Å²) in [5, 5.41) is 3.12. The second kappa shape index (κ2) is 8.20. The number of carbonyl (C=O) groups excluding carboxylic acids is 1. The molecule has 0 saturated heterocycles. The first-order valence-corrected chi connectivity index (χ1v) is 8.39. The predicted octanol–water partition coefficient (Wildman–Crippen LogP) is 3.36. The SMILES string of the molecule is C[C@@H](Cc1cnccn1)NC(=O)C(c1ccccc1)c1ccccc1. The van der Waals surface area contributed by atoms with Gasteiger partial charge in [-0.05, 0) is 18.1 Å². The fourth-order valence-electron chi connectivity index (χ4n) is 2.91. The quantitative estimate of drug-likeness (QED) is 0.753. The number of rotatable bonds is 6. The lowest BCUT2D eigenvalue weighted by Crippen LogP contribution is -2.38. The summed E-state index contributed by atoms with van der Waals surface area (Å²) in [5.41, 5.74) is 2.84. The van der Waals surface area contributed by atoms with Crippen molar-refractivity contribution in [1.82, 2.24) is 15.3 Å². The third-order valence-electron chi connectivity index (χ3n) is 4.05. The Balaban J connectivity index is 1.78. The van der Waals surface area contributed by atoms with Crippen LogP contribution in [0.15, 0.2) is 79.3 Å². The van der Waals surface area contributed by atoms with E-state index < -0.39 is 0 Å². The maximum Gasteiger partial charge on any atom is 0.232 e. The first kappa shape index (κ1) is 16.8. The average molecular weight is 331 g/mol. The Labute approximate surface area is 148 Å². The van der Waals surface area contributed by atoms with Crippen LogP contribution in [0.1, 0.15) is 29.7 Å². The summed E-state index contributed by atoms with van der Waals surface area (Å²) in [7, 11) is 0. The van der Waals surface area contributed by atoms with Crippen LogP contribution >= 0.6 is 0 Å². The van der Waals surface area contributed by atoms with Crippen molar-refractivity contribution in [3.63, 3.8) is 0 Å². The highest BCUT2D eigenvalue weighted by molar-refractivity contribution is 5.87. The van der Waals surface area contributed by atoms with Gasteiger partial charge >= 0.3 is 0 Å². The van der Waals surface area contributed by atoms with Gasteiger partial charge in [0, 0.05) is 31.1 Å². The molecule has 0 saturated carbocycles. The van der Waals surface area contributed by atoms with Gasteiger partial charge in [0.05, 0.1) is 11.6 Å². The van der Waals surface area contributed by atoms with Crippen molar-refractivity contribution < 1.29 is 4.79 Å². The predicted molar refractivity (Wildman–Crippen MR) is 98.1 cm³/mol. The van der Waals surface area contributed by atoms with E-state index >= 15 is 0 Å². The van der Waals surface area contributed by atoms with E-state index in [-0.39, 0.29) is 17.9 Å². The highest BCUT2D eigenvalue weighted by Crippen LogP contribution is 2.25. The number of benzene rings is 2. The molecule has 25 heavy (non-hydrogen) atoms. The van der Waals surface area contributed by atoms with Gasteiger partial charge in [0.15, 0.2) is 0 Å². The second-order valence-electron chi connectivity index (χ2n) is 6.06. The molecule has 0 aliphatic rings. The number of nitrogens with one attached hydrogen (secondary N) is 1. The zero-order valence-corrected chi connectivity index (χ0v) is 14.2. The average Bonchev–Trinajstić information content (AvgIpc) is 2.64. The molecule has 3 aromatic rings. The molecule has 4 nitrogen and oxygen atoms in total. The third-order valence-corrected chi connectivity index (χ3v) is 4.05. The molecular formula is C21H21N3O. The normalized spacial score (nSPS) is 11.9. The van der Waals surface area contributed by atoms with E-state index in [1.165, 1.54) is 0 Å². The van der Waals surface area contributed by atoms with Crippen LogP contribution in [0, 0.1) is 0 Å². The maximum atomic E-state index is 13.0. The third kappa shape index (κ3) is 4.51. The van der Waals surface area contributed by atoms with Crippen molar-refractivity contribution in [1.29, 1.82) is 0 Å². The Morgan fingerprint density at radius 2 is 1.56 bits per heavy atom. The van der Waals surface area contributed by atoms with Gasteiger partial charge in [-0.3, -0.25) is 14.8 Å². The van der Waals surface area contributed by atoms with E-state index in [4.69, 9.17) is 0 Å². The minimum Gasteiger partial charge on any atom is -0.352 e. The molecule has 1 N–H and O–H groups in total. The van der Waals surface area contributed by atoms with Crippen molar-refractivity contribution >= 4 is 5.91 Å². The molecular weight excluding hydrogens is 310 g/mol. The van der Waals surface area contributed by atoms with Crippen molar-refractivity contribution in [3.8, 4) is 0 Å². The zero-order valence-electron chi connectivity index (χ0n) is 14.2. The maximum absolute atomic E-state index is 13.0. The van der Waals surface area contributed by atoms with Crippen molar-refractivity contribution in [2.24, 2.45) is 0 Å². The number of hydrogen-bond acceptors (Lipinski definition) is 3. The number of hydrogen-bond donors (Lipinski definition) is 1. The fourth-order valence-corrected chi connectivity index (χ4v) is 2.91. The molecule has 0 fully saturated rings. The number of carbonyl (C=O) groups is 1. The molecule has 126 valence electrons. The molecule has 1 atom stereocenters.